The topological polar surface area (TPSA) is 61.9 Å². The Morgan fingerprint density at radius 2 is 2.00 bits per heavy atom. The number of carbonyl (C=O) groups is 2. The van der Waals surface area contributed by atoms with Crippen molar-refractivity contribution < 1.29 is 14.3 Å². The second kappa shape index (κ2) is 8.58. The fraction of sp³-hybridized carbons (Fsp3) is 0.667. The van der Waals surface area contributed by atoms with E-state index in [4.69, 9.17) is 4.74 Å². The van der Waals surface area contributed by atoms with E-state index in [1.807, 2.05) is 0 Å². The van der Waals surface area contributed by atoms with Crippen LogP contribution in [0.3, 0.4) is 0 Å². The number of nitrogens with one attached hydrogen (secondary N) is 1. The van der Waals surface area contributed by atoms with Crippen molar-refractivity contribution in [2.75, 3.05) is 26.7 Å². The molecule has 30 heavy (non-hydrogen) atoms. The molecule has 4 atom stereocenters. The van der Waals surface area contributed by atoms with Crippen molar-refractivity contribution in [1.82, 2.24) is 15.1 Å². The molecule has 0 spiro atoms. The summed E-state index contributed by atoms with van der Waals surface area (Å²) in [6.07, 6.45) is 3.87. The third-order valence-corrected chi connectivity index (χ3v) is 7.23. The minimum atomic E-state index is -0.0224. The largest absolute Gasteiger partial charge is 0.496 e. The number of amides is 2. The Balaban J connectivity index is 1.58. The van der Waals surface area contributed by atoms with Crippen LogP contribution in [0.25, 0.3) is 0 Å². The van der Waals surface area contributed by atoms with Crippen molar-refractivity contribution in [1.29, 1.82) is 0 Å². The molecular formula is C24H35N3O3. The molecule has 0 aliphatic carbocycles. The average molecular weight is 414 g/mol. The summed E-state index contributed by atoms with van der Waals surface area (Å²) in [6, 6.07) is 4.82. The summed E-state index contributed by atoms with van der Waals surface area (Å²) in [5, 5.41) is 3.00. The summed E-state index contributed by atoms with van der Waals surface area (Å²) in [6.45, 7) is 9.20. The molecular weight excluding hydrogens is 378 g/mol. The fourth-order valence-electron chi connectivity index (χ4n) is 6.20. The minimum Gasteiger partial charge on any atom is -0.496 e. The first kappa shape index (κ1) is 21.2. The molecule has 2 amide bonds. The van der Waals surface area contributed by atoms with Gasteiger partial charge in [0.25, 0.3) is 0 Å². The van der Waals surface area contributed by atoms with Gasteiger partial charge in [-0.25, -0.2) is 0 Å². The van der Waals surface area contributed by atoms with Crippen molar-refractivity contribution in [3.8, 4) is 5.75 Å². The fourth-order valence-corrected chi connectivity index (χ4v) is 6.20. The lowest BCUT2D eigenvalue weighted by atomic mass is 9.72. The van der Waals surface area contributed by atoms with Gasteiger partial charge in [-0.05, 0) is 50.5 Å². The van der Waals surface area contributed by atoms with E-state index in [-0.39, 0.29) is 17.9 Å². The highest BCUT2D eigenvalue weighted by Crippen LogP contribution is 2.42. The summed E-state index contributed by atoms with van der Waals surface area (Å²) in [4.78, 5) is 29.1. The van der Waals surface area contributed by atoms with E-state index in [1.165, 1.54) is 16.7 Å². The number of piperidine rings is 3. The Hall–Kier alpha value is -2.08. The second-order valence-corrected chi connectivity index (χ2v) is 9.49. The van der Waals surface area contributed by atoms with Crippen LogP contribution in [-0.2, 0) is 16.1 Å². The van der Waals surface area contributed by atoms with Crippen LogP contribution in [0.4, 0.5) is 0 Å². The summed E-state index contributed by atoms with van der Waals surface area (Å²) in [5.74, 6) is 2.15. The van der Waals surface area contributed by atoms with Gasteiger partial charge in [-0.3, -0.25) is 14.5 Å². The molecule has 3 aliphatic heterocycles. The van der Waals surface area contributed by atoms with Gasteiger partial charge >= 0.3 is 0 Å². The Morgan fingerprint density at radius 3 is 2.73 bits per heavy atom. The lowest BCUT2D eigenvalue weighted by molar-refractivity contribution is -0.153. The molecule has 164 valence electrons. The first-order chi connectivity index (χ1) is 14.4. The predicted molar refractivity (Wildman–Crippen MR) is 116 cm³/mol. The molecule has 3 fully saturated rings. The van der Waals surface area contributed by atoms with Gasteiger partial charge < -0.3 is 15.0 Å². The van der Waals surface area contributed by atoms with Crippen LogP contribution in [-0.4, -0.2) is 60.4 Å². The number of ether oxygens (including phenoxy) is 1. The quantitative estimate of drug-likeness (QED) is 0.806. The van der Waals surface area contributed by atoms with Crippen LogP contribution in [0.15, 0.2) is 12.1 Å². The third-order valence-electron chi connectivity index (χ3n) is 7.23. The number of benzene rings is 1. The van der Waals surface area contributed by atoms with Crippen molar-refractivity contribution in [3.63, 3.8) is 0 Å². The molecule has 1 aromatic rings. The molecule has 3 saturated heterocycles. The Morgan fingerprint density at radius 1 is 1.23 bits per heavy atom. The number of aryl methyl sites for hydroxylation is 2. The zero-order valence-corrected chi connectivity index (χ0v) is 18.7. The van der Waals surface area contributed by atoms with Gasteiger partial charge in [-0.2, -0.15) is 0 Å². The van der Waals surface area contributed by atoms with Gasteiger partial charge in [0.05, 0.1) is 13.2 Å². The van der Waals surface area contributed by atoms with E-state index in [0.717, 1.165) is 44.6 Å². The van der Waals surface area contributed by atoms with Crippen LogP contribution < -0.4 is 10.1 Å². The molecule has 1 aromatic carbocycles. The monoisotopic (exact) mass is 413 g/mol. The lowest BCUT2D eigenvalue weighted by Crippen LogP contribution is -2.66. The zero-order valence-electron chi connectivity index (χ0n) is 18.7. The Labute approximate surface area is 179 Å². The Bertz CT molecular complexity index is 824. The summed E-state index contributed by atoms with van der Waals surface area (Å²) in [7, 11) is 1.75. The average Bonchev–Trinajstić information content (AvgIpc) is 2.68. The summed E-state index contributed by atoms with van der Waals surface area (Å²) < 4.78 is 5.73. The highest BCUT2D eigenvalue weighted by Gasteiger charge is 2.49. The maximum Gasteiger partial charge on any atom is 0.223 e. The first-order valence-electron chi connectivity index (χ1n) is 11.3. The number of hydrogen-bond donors (Lipinski definition) is 1. The van der Waals surface area contributed by atoms with E-state index in [2.05, 4.69) is 41.1 Å². The number of nitrogens with zero attached hydrogens (tertiary/aromatic N) is 2. The van der Waals surface area contributed by atoms with Gasteiger partial charge in [-0.1, -0.05) is 17.7 Å². The summed E-state index contributed by atoms with van der Waals surface area (Å²) >= 11 is 0. The normalized spacial score (nSPS) is 28.8. The molecule has 4 rings (SSSR count). The van der Waals surface area contributed by atoms with Crippen molar-refractivity contribution in [3.05, 3.63) is 28.8 Å². The molecule has 6 nitrogen and oxygen atoms in total. The molecule has 0 unspecified atom stereocenters. The SMILES string of the molecule is COc1c(C)cc(C)cc1CN1C[C@H]2C[C@@H](C1)[C@H](CNC(C)=O)N1C(=O)CCC[C@@H]21. The number of fused-ring (bicyclic) bond motifs is 4. The molecule has 6 heteroatoms. The minimum absolute atomic E-state index is 0.0224. The highest BCUT2D eigenvalue weighted by molar-refractivity contribution is 5.78. The van der Waals surface area contributed by atoms with E-state index in [0.29, 0.717) is 30.8 Å². The van der Waals surface area contributed by atoms with Gasteiger partial charge in [-0.15, -0.1) is 0 Å². The standard InChI is InChI=1S/C24H35N3O3/c1-15-8-16(2)24(30-4)20(9-15)14-26-12-18-10-19(13-26)22(11-25-17(3)28)27-21(18)6-5-7-23(27)29/h8-9,18-19,21-22H,5-7,10-14H2,1-4H3,(H,25,28)/t18-,19+,21+,22+/m1/s1. The van der Waals surface area contributed by atoms with Crippen molar-refractivity contribution >= 4 is 11.8 Å². The van der Waals surface area contributed by atoms with Gasteiger partial charge in [0.2, 0.25) is 11.8 Å². The summed E-state index contributed by atoms with van der Waals surface area (Å²) in [5.41, 5.74) is 3.68. The highest BCUT2D eigenvalue weighted by atomic mass is 16.5. The molecule has 3 heterocycles. The second-order valence-electron chi connectivity index (χ2n) is 9.49. The van der Waals surface area contributed by atoms with Gasteiger partial charge in [0, 0.05) is 51.1 Å². The van der Waals surface area contributed by atoms with Crippen LogP contribution in [0.1, 0.15) is 49.3 Å². The van der Waals surface area contributed by atoms with Gasteiger partial charge in [0.1, 0.15) is 5.75 Å². The van der Waals surface area contributed by atoms with E-state index < -0.39 is 0 Å². The number of hydrogen-bond acceptors (Lipinski definition) is 4. The molecule has 3 aliphatic rings. The smallest absolute Gasteiger partial charge is 0.223 e. The third kappa shape index (κ3) is 4.07. The van der Waals surface area contributed by atoms with Crippen LogP contribution in [0.2, 0.25) is 0 Å². The van der Waals surface area contributed by atoms with Gasteiger partial charge in [0.15, 0.2) is 0 Å². The first-order valence-corrected chi connectivity index (χ1v) is 11.3. The molecule has 0 saturated carbocycles. The van der Waals surface area contributed by atoms with Crippen LogP contribution >= 0.6 is 0 Å². The maximum absolute atomic E-state index is 12.8. The molecule has 2 bridgehead atoms. The number of rotatable bonds is 5. The van der Waals surface area contributed by atoms with Crippen LogP contribution in [0, 0.1) is 25.7 Å². The van der Waals surface area contributed by atoms with E-state index in [1.54, 1.807) is 14.0 Å². The van der Waals surface area contributed by atoms with Crippen LogP contribution in [0.5, 0.6) is 5.75 Å². The van der Waals surface area contributed by atoms with E-state index in [9.17, 15) is 9.59 Å². The van der Waals surface area contributed by atoms with Crippen molar-refractivity contribution in [2.24, 2.45) is 11.8 Å². The molecule has 0 radical (unpaired) electrons. The lowest BCUT2D eigenvalue weighted by Gasteiger charge is -2.56. The molecule has 0 aromatic heterocycles. The van der Waals surface area contributed by atoms with E-state index >= 15 is 0 Å². The number of carbonyl (C=O) groups excluding carboxylic acids is 2. The molecule has 1 N–H and O–H groups in total. The predicted octanol–water partition coefficient (Wildman–Crippen LogP) is 2.65. The zero-order chi connectivity index (χ0) is 21.4. The maximum atomic E-state index is 12.8. The Kier molecular flexibility index (Phi) is 6.05. The number of methoxy groups -OCH3 is 1. The van der Waals surface area contributed by atoms with Crippen molar-refractivity contribution in [2.45, 2.75) is 65.1 Å². The number of likely N-dealkylation sites (tertiary alicyclic amines) is 1.